The number of aryl methyl sites for hydroxylation is 1. The molecule has 0 bridgehead atoms. The molecule has 0 radical (unpaired) electrons. The first kappa shape index (κ1) is 23.7. The van der Waals surface area contributed by atoms with Crippen LogP contribution in [0.4, 0.5) is 0 Å². The van der Waals surface area contributed by atoms with Crippen molar-refractivity contribution in [2.24, 2.45) is 4.99 Å². The van der Waals surface area contributed by atoms with Crippen molar-refractivity contribution in [2.45, 2.75) is 39.2 Å². The maximum absolute atomic E-state index is 11.8. The van der Waals surface area contributed by atoms with Gasteiger partial charge in [0, 0.05) is 6.54 Å². The zero-order valence-electron chi connectivity index (χ0n) is 18.1. The minimum absolute atomic E-state index is 0.0364. The van der Waals surface area contributed by atoms with Gasteiger partial charge in [-0.25, -0.2) is 18.1 Å². The summed E-state index contributed by atoms with van der Waals surface area (Å²) < 4.78 is 31.8. The van der Waals surface area contributed by atoms with Crippen molar-refractivity contribution in [2.75, 3.05) is 20.1 Å². The Morgan fingerprint density at radius 2 is 1.83 bits per heavy atom. The summed E-state index contributed by atoms with van der Waals surface area (Å²) in [5.41, 5.74) is 2.84. The molecule has 164 valence electrons. The Bertz CT molecular complexity index is 945. The van der Waals surface area contributed by atoms with Gasteiger partial charge in [0.25, 0.3) is 0 Å². The lowest BCUT2D eigenvalue weighted by Crippen LogP contribution is -2.41. The summed E-state index contributed by atoms with van der Waals surface area (Å²) in [6, 6.07) is 15.4. The van der Waals surface area contributed by atoms with E-state index in [0.29, 0.717) is 19.0 Å². The first-order valence-corrected chi connectivity index (χ1v) is 11.7. The third-order valence-electron chi connectivity index (χ3n) is 4.31. The molecule has 0 spiro atoms. The molecule has 2 aromatic carbocycles. The van der Waals surface area contributed by atoms with Crippen LogP contribution in [-0.2, 0) is 22.3 Å². The number of guanidine groups is 1. The minimum Gasteiger partial charge on any atom is -0.489 e. The molecular weight excluding hydrogens is 400 g/mol. The number of rotatable bonds is 10. The number of benzene rings is 2. The molecule has 30 heavy (non-hydrogen) atoms. The summed E-state index contributed by atoms with van der Waals surface area (Å²) in [6.07, 6.45) is -0.0364. The Kier molecular flexibility index (Phi) is 9.14. The maximum Gasteiger partial charge on any atom is 0.215 e. The molecule has 0 saturated carbocycles. The molecule has 0 aliphatic carbocycles. The van der Waals surface area contributed by atoms with Gasteiger partial charge in [-0.05, 0) is 56.6 Å². The third-order valence-corrected chi connectivity index (χ3v) is 5.64. The summed E-state index contributed by atoms with van der Waals surface area (Å²) in [7, 11) is -1.88. The van der Waals surface area contributed by atoms with E-state index in [9.17, 15) is 8.42 Å². The quantitative estimate of drug-likeness (QED) is 0.396. The Morgan fingerprint density at radius 3 is 2.53 bits per heavy atom. The fourth-order valence-corrected chi connectivity index (χ4v) is 3.59. The second-order valence-electron chi connectivity index (χ2n) is 7.10. The van der Waals surface area contributed by atoms with Gasteiger partial charge in [0.15, 0.2) is 5.96 Å². The van der Waals surface area contributed by atoms with Crippen LogP contribution < -0.4 is 20.1 Å². The van der Waals surface area contributed by atoms with Crippen molar-refractivity contribution in [3.63, 3.8) is 0 Å². The Balaban J connectivity index is 1.95. The fourth-order valence-electron chi connectivity index (χ4n) is 2.82. The second kappa shape index (κ2) is 11.6. The Hall–Kier alpha value is -2.58. The molecule has 3 N–H and O–H groups in total. The number of ether oxygens (including phenoxy) is 1. The van der Waals surface area contributed by atoms with Crippen LogP contribution in [0.3, 0.4) is 0 Å². The number of aliphatic imine (C=N–C) groups is 1. The number of hydrogen-bond acceptors (Lipinski definition) is 4. The number of hydrogen-bond donors (Lipinski definition) is 3. The molecule has 0 amide bonds. The SMILES string of the molecule is CCNC(=NCc1cccc(CS(=O)(=O)NC)c1)NCC(C)Oc1cccc(C)c1. The Morgan fingerprint density at radius 1 is 1.10 bits per heavy atom. The molecule has 0 fully saturated rings. The van der Waals surface area contributed by atoms with E-state index in [2.05, 4.69) is 20.3 Å². The molecule has 1 unspecified atom stereocenters. The third kappa shape index (κ3) is 8.42. The highest BCUT2D eigenvalue weighted by Gasteiger charge is 2.09. The monoisotopic (exact) mass is 432 g/mol. The van der Waals surface area contributed by atoms with Crippen LogP contribution in [0.25, 0.3) is 0 Å². The van der Waals surface area contributed by atoms with Crippen LogP contribution in [0.2, 0.25) is 0 Å². The summed E-state index contributed by atoms with van der Waals surface area (Å²) in [5.74, 6) is 1.48. The van der Waals surface area contributed by atoms with Gasteiger partial charge in [0.1, 0.15) is 11.9 Å². The van der Waals surface area contributed by atoms with Crippen molar-refractivity contribution >= 4 is 16.0 Å². The predicted octanol–water partition coefficient (Wildman–Crippen LogP) is 2.57. The predicted molar refractivity (Wildman–Crippen MR) is 122 cm³/mol. The highest BCUT2D eigenvalue weighted by atomic mass is 32.2. The smallest absolute Gasteiger partial charge is 0.215 e. The lowest BCUT2D eigenvalue weighted by molar-refractivity contribution is 0.223. The van der Waals surface area contributed by atoms with Crippen molar-refractivity contribution in [1.29, 1.82) is 0 Å². The maximum atomic E-state index is 11.8. The topological polar surface area (TPSA) is 91.8 Å². The van der Waals surface area contributed by atoms with E-state index in [4.69, 9.17) is 4.74 Å². The molecule has 2 aromatic rings. The highest BCUT2D eigenvalue weighted by Crippen LogP contribution is 2.14. The molecule has 0 aromatic heterocycles. The van der Waals surface area contributed by atoms with Gasteiger partial charge in [-0.2, -0.15) is 0 Å². The van der Waals surface area contributed by atoms with Crippen molar-refractivity contribution in [3.05, 3.63) is 65.2 Å². The highest BCUT2D eigenvalue weighted by molar-refractivity contribution is 7.88. The lowest BCUT2D eigenvalue weighted by Gasteiger charge is -2.18. The normalized spacial score (nSPS) is 13.0. The van der Waals surface area contributed by atoms with E-state index in [1.807, 2.05) is 63.2 Å². The minimum atomic E-state index is -3.30. The average Bonchev–Trinajstić information content (AvgIpc) is 2.70. The van der Waals surface area contributed by atoms with Crippen LogP contribution in [0.1, 0.15) is 30.5 Å². The van der Waals surface area contributed by atoms with Crippen LogP contribution in [0.5, 0.6) is 5.75 Å². The summed E-state index contributed by atoms with van der Waals surface area (Å²) in [4.78, 5) is 4.61. The Labute approximate surface area is 180 Å². The van der Waals surface area contributed by atoms with Crippen LogP contribution in [0, 0.1) is 6.92 Å². The van der Waals surface area contributed by atoms with Gasteiger partial charge in [0.05, 0.1) is 18.8 Å². The average molecular weight is 433 g/mol. The van der Waals surface area contributed by atoms with E-state index < -0.39 is 10.0 Å². The molecule has 0 aliphatic rings. The molecule has 1 atom stereocenters. The van der Waals surface area contributed by atoms with Crippen molar-refractivity contribution in [1.82, 2.24) is 15.4 Å². The van der Waals surface area contributed by atoms with Gasteiger partial charge in [0.2, 0.25) is 10.0 Å². The van der Waals surface area contributed by atoms with Gasteiger partial charge in [-0.15, -0.1) is 0 Å². The van der Waals surface area contributed by atoms with Crippen LogP contribution >= 0.6 is 0 Å². The largest absolute Gasteiger partial charge is 0.489 e. The van der Waals surface area contributed by atoms with E-state index in [-0.39, 0.29) is 11.9 Å². The zero-order chi connectivity index (χ0) is 22.0. The van der Waals surface area contributed by atoms with Gasteiger partial charge >= 0.3 is 0 Å². The molecule has 0 heterocycles. The molecule has 0 aliphatic heterocycles. The lowest BCUT2D eigenvalue weighted by atomic mass is 10.1. The van der Waals surface area contributed by atoms with Crippen molar-refractivity contribution < 1.29 is 13.2 Å². The van der Waals surface area contributed by atoms with Gasteiger partial charge < -0.3 is 15.4 Å². The van der Waals surface area contributed by atoms with Crippen molar-refractivity contribution in [3.8, 4) is 5.75 Å². The van der Waals surface area contributed by atoms with E-state index in [0.717, 1.165) is 29.0 Å². The molecule has 2 rings (SSSR count). The number of nitrogens with one attached hydrogen (secondary N) is 3. The summed E-state index contributed by atoms with van der Waals surface area (Å²) in [5, 5.41) is 6.52. The first-order valence-electron chi connectivity index (χ1n) is 10.1. The second-order valence-corrected chi connectivity index (χ2v) is 9.03. The van der Waals surface area contributed by atoms with Gasteiger partial charge in [-0.1, -0.05) is 36.4 Å². The summed E-state index contributed by atoms with van der Waals surface area (Å²) in [6.45, 7) is 7.82. The molecule has 7 nitrogen and oxygen atoms in total. The zero-order valence-corrected chi connectivity index (χ0v) is 18.9. The van der Waals surface area contributed by atoms with E-state index in [1.54, 1.807) is 6.07 Å². The van der Waals surface area contributed by atoms with E-state index >= 15 is 0 Å². The molecule has 8 heteroatoms. The summed E-state index contributed by atoms with van der Waals surface area (Å²) >= 11 is 0. The number of nitrogens with zero attached hydrogens (tertiary/aromatic N) is 1. The van der Waals surface area contributed by atoms with Crippen LogP contribution in [0.15, 0.2) is 53.5 Å². The van der Waals surface area contributed by atoms with Crippen LogP contribution in [-0.4, -0.2) is 40.6 Å². The standard InChI is InChI=1S/C22H32N4O3S/c1-5-24-22(25-14-18(3)29-21-11-6-8-17(2)12-21)26-15-19-9-7-10-20(13-19)16-30(27,28)23-4/h6-13,18,23H,5,14-16H2,1-4H3,(H2,24,25,26). The molecule has 0 saturated heterocycles. The molecular formula is C22H32N4O3S. The first-order chi connectivity index (χ1) is 14.3. The fraction of sp³-hybridized carbons (Fsp3) is 0.409. The van der Waals surface area contributed by atoms with E-state index in [1.165, 1.54) is 7.05 Å². The van der Waals surface area contributed by atoms with Gasteiger partial charge in [-0.3, -0.25) is 0 Å². The number of sulfonamides is 1.